The number of anilines is 1. The second kappa shape index (κ2) is 7.32. The zero-order valence-electron chi connectivity index (χ0n) is 13.9. The normalized spacial score (nSPS) is 17.3. The molecular weight excluding hydrogens is 373 g/mol. The summed E-state index contributed by atoms with van der Waals surface area (Å²) in [6.45, 7) is 3.66. The molecule has 3 rings (SSSR count). The molecule has 26 heavy (non-hydrogen) atoms. The summed E-state index contributed by atoms with van der Waals surface area (Å²) in [5, 5.41) is 11.6. The lowest BCUT2D eigenvalue weighted by molar-refractivity contribution is -0.137. The highest BCUT2D eigenvalue weighted by Gasteiger charge is 2.35. The summed E-state index contributed by atoms with van der Waals surface area (Å²) >= 11 is 6.03. The minimum absolute atomic E-state index is 0.0140. The molecular formula is C16H18ClF3N4O2. The second-order valence-electron chi connectivity index (χ2n) is 6.32. The van der Waals surface area contributed by atoms with Gasteiger partial charge in [-0.1, -0.05) is 11.6 Å². The number of halogens is 4. The maximum Gasteiger partial charge on any atom is 0.434 e. The Kier molecular flexibility index (Phi) is 5.29. The molecule has 1 unspecified atom stereocenters. The maximum atomic E-state index is 13.4. The minimum atomic E-state index is -4.65. The minimum Gasteiger partial charge on any atom is -0.388 e. The van der Waals surface area contributed by atoms with Crippen LogP contribution in [0.15, 0.2) is 21.3 Å². The Morgan fingerprint density at radius 3 is 2.62 bits per heavy atom. The molecule has 0 bridgehead atoms. The first kappa shape index (κ1) is 18.8. The lowest BCUT2D eigenvalue weighted by Crippen LogP contribution is -2.36. The van der Waals surface area contributed by atoms with Crippen molar-refractivity contribution in [3.63, 3.8) is 0 Å². The van der Waals surface area contributed by atoms with Gasteiger partial charge < -0.3 is 15.1 Å². The van der Waals surface area contributed by atoms with Gasteiger partial charge in [-0.25, -0.2) is 9.89 Å². The number of alkyl halides is 3. The van der Waals surface area contributed by atoms with Crippen LogP contribution in [-0.2, 0) is 6.18 Å². The maximum absolute atomic E-state index is 13.4. The fourth-order valence-electron chi connectivity index (χ4n) is 3.12. The number of nitrogens with zero attached hydrogens (tertiary/aromatic N) is 1. The van der Waals surface area contributed by atoms with E-state index in [0.29, 0.717) is 5.92 Å². The third-order valence-electron chi connectivity index (χ3n) is 4.54. The van der Waals surface area contributed by atoms with Gasteiger partial charge >= 0.3 is 11.9 Å². The molecule has 1 aliphatic rings. The van der Waals surface area contributed by atoms with Crippen LogP contribution in [-0.4, -0.2) is 29.3 Å². The van der Waals surface area contributed by atoms with Crippen LogP contribution in [0.5, 0.6) is 0 Å². The predicted octanol–water partition coefficient (Wildman–Crippen LogP) is 3.50. The van der Waals surface area contributed by atoms with Crippen molar-refractivity contribution in [2.24, 2.45) is 5.92 Å². The molecule has 0 spiro atoms. The van der Waals surface area contributed by atoms with Crippen LogP contribution in [0.2, 0.25) is 5.02 Å². The Balaban J connectivity index is 1.98. The summed E-state index contributed by atoms with van der Waals surface area (Å²) in [5.74, 6) is -0.760. The van der Waals surface area contributed by atoms with Gasteiger partial charge in [-0.3, -0.25) is 0 Å². The van der Waals surface area contributed by atoms with Gasteiger partial charge in [0, 0.05) is 11.6 Å². The van der Waals surface area contributed by atoms with Crippen molar-refractivity contribution in [1.82, 2.24) is 15.5 Å². The monoisotopic (exact) mass is 390 g/mol. The summed E-state index contributed by atoms with van der Waals surface area (Å²) in [6, 6.07) is 2.16. The van der Waals surface area contributed by atoms with Crippen molar-refractivity contribution in [2.45, 2.75) is 32.0 Å². The first-order valence-electron chi connectivity index (χ1n) is 8.19. The third-order valence-corrected chi connectivity index (χ3v) is 4.94. The van der Waals surface area contributed by atoms with Crippen molar-refractivity contribution < 1.29 is 17.6 Å². The quantitative estimate of drug-likeness (QED) is 0.744. The molecule has 10 heteroatoms. The van der Waals surface area contributed by atoms with Crippen LogP contribution in [0.3, 0.4) is 0 Å². The molecule has 0 aliphatic carbocycles. The van der Waals surface area contributed by atoms with Crippen LogP contribution in [0.25, 0.3) is 11.5 Å². The Morgan fingerprint density at radius 2 is 2.04 bits per heavy atom. The number of nitrogens with one attached hydrogen (secondary N) is 3. The SMILES string of the molecule is CC(Nc1cc(-c2n[nH]c(=O)o2)cc(C(F)(F)F)c1Cl)C1CCNCC1. The Hall–Kier alpha value is -2.00. The van der Waals surface area contributed by atoms with Crippen molar-refractivity contribution in [3.05, 3.63) is 33.3 Å². The smallest absolute Gasteiger partial charge is 0.388 e. The molecule has 1 fully saturated rings. The Bertz CT molecular complexity index is 828. The van der Waals surface area contributed by atoms with Gasteiger partial charge in [0.15, 0.2) is 0 Å². The molecule has 1 aromatic carbocycles. The zero-order chi connectivity index (χ0) is 18.9. The van der Waals surface area contributed by atoms with E-state index < -0.39 is 22.5 Å². The van der Waals surface area contributed by atoms with Crippen molar-refractivity contribution in [2.75, 3.05) is 18.4 Å². The lowest BCUT2D eigenvalue weighted by Gasteiger charge is -2.30. The van der Waals surface area contributed by atoms with Crippen molar-refractivity contribution in [1.29, 1.82) is 0 Å². The highest BCUT2D eigenvalue weighted by molar-refractivity contribution is 6.34. The summed E-state index contributed by atoms with van der Waals surface area (Å²) in [4.78, 5) is 11.1. The average molecular weight is 391 g/mol. The molecule has 6 nitrogen and oxygen atoms in total. The van der Waals surface area contributed by atoms with E-state index >= 15 is 0 Å². The average Bonchev–Trinajstić information content (AvgIpc) is 3.03. The molecule has 2 aromatic rings. The molecule has 1 atom stereocenters. The first-order chi connectivity index (χ1) is 12.3. The van der Waals surface area contributed by atoms with E-state index in [1.54, 1.807) is 0 Å². The fraction of sp³-hybridized carbons (Fsp3) is 0.500. The van der Waals surface area contributed by atoms with Crippen LogP contribution in [0, 0.1) is 5.92 Å². The topological polar surface area (TPSA) is 83.0 Å². The number of aromatic nitrogens is 2. The van der Waals surface area contributed by atoms with Gasteiger partial charge in [-0.15, -0.1) is 5.10 Å². The van der Waals surface area contributed by atoms with Gasteiger partial charge in [0.2, 0.25) is 5.89 Å². The first-order valence-corrected chi connectivity index (χ1v) is 8.57. The van der Waals surface area contributed by atoms with E-state index in [-0.39, 0.29) is 23.2 Å². The Labute approximate surface area is 152 Å². The standard InChI is InChI=1S/C16H18ClF3N4O2/c1-8(9-2-4-21-5-3-9)22-12-7-10(14-23-24-15(25)26-14)6-11(13(12)17)16(18,19)20/h6-9,21-22H,2-5H2,1H3,(H,24,25). The zero-order valence-corrected chi connectivity index (χ0v) is 14.7. The molecule has 142 valence electrons. The molecule has 1 aliphatic heterocycles. The molecule has 1 saturated heterocycles. The van der Waals surface area contributed by atoms with Crippen molar-refractivity contribution in [3.8, 4) is 11.5 Å². The summed E-state index contributed by atoms with van der Waals surface area (Å²) in [7, 11) is 0. The molecule has 3 N–H and O–H groups in total. The molecule has 0 saturated carbocycles. The Morgan fingerprint density at radius 1 is 1.35 bits per heavy atom. The van der Waals surface area contributed by atoms with Gasteiger partial charge in [0.25, 0.3) is 0 Å². The van der Waals surface area contributed by atoms with E-state index in [2.05, 4.69) is 15.7 Å². The number of rotatable bonds is 4. The van der Waals surface area contributed by atoms with Crippen LogP contribution < -0.4 is 16.4 Å². The van der Waals surface area contributed by atoms with Crippen molar-refractivity contribution >= 4 is 17.3 Å². The number of hydrogen-bond donors (Lipinski definition) is 3. The lowest BCUT2D eigenvalue weighted by atomic mass is 9.91. The van der Waals surface area contributed by atoms with Crippen LogP contribution in [0.1, 0.15) is 25.3 Å². The molecule has 2 heterocycles. The largest absolute Gasteiger partial charge is 0.434 e. The fourth-order valence-corrected chi connectivity index (χ4v) is 3.39. The van der Waals surface area contributed by atoms with Crippen LogP contribution >= 0.6 is 11.6 Å². The summed E-state index contributed by atoms with van der Waals surface area (Å²) in [6.07, 6.45) is -2.81. The molecule has 0 radical (unpaired) electrons. The van der Waals surface area contributed by atoms with E-state index in [4.69, 9.17) is 16.0 Å². The van der Waals surface area contributed by atoms with Gasteiger partial charge in [-0.05, 0) is 50.9 Å². The molecule has 1 aromatic heterocycles. The number of piperidine rings is 1. The summed E-state index contributed by atoms with van der Waals surface area (Å²) < 4.78 is 44.9. The van der Waals surface area contributed by atoms with Gasteiger partial charge in [0.1, 0.15) is 0 Å². The van der Waals surface area contributed by atoms with E-state index in [0.717, 1.165) is 32.0 Å². The number of benzene rings is 1. The third kappa shape index (κ3) is 4.04. The van der Waals surface area contributed by atoms with E-state index in [1.807, 2.05) is 12.0 Å². The van der Waals surface area contributed by atoms with E-state index in [1.165, 1.54) is 6.07 Å². The summed E-state index contributed by atoms with van der Waals surface area (Å²) in [5.41, 5.74) is -0.865. The highest BCUT2D eigenvalue weighted by Crippen LogP contribution is 2.41. The second-order valence-corrected chi connectivity index (χ2v) is 6.70. The molecule has 0 amide bonds. The predicted molar refractivity (Wildman–Crippen MR) is 91.3 cm³/mol. The highest BCUT2D eigenvalue weighted by atomic mass is 35.5. The van der Waals surface area contributed by atoms with E-state index in [9.17, 15) is 18.0 Å². The number of hydrogen-bond acceptors (Lipinski definition) is 5. The number of H-pyrrole nitrogens is 1. The van der Waals surface area contributed by atoms with Gasteiger partial charge in [-0.2, -0.15) is 13.2 Å². The van der Waals surface area contributed by atoms with Crippen LogP contribution in [0.4, 0.5) is 18.9 Å². The number of aromatic amines is 1. The van der Waals surface area contributed by atoms with Gasteiger partial charge in [0.05, 0.1) is 16.3 Å².